The molecule has 1 N–H and O–H groups in total. The minimum absolute atomic E-state index is 0. The Morgan fingerprint density at radius 2 is 1.96 bits per heavy atom. The minimum Gasteiger partial charge on any atom is -0.378 e. The predicted octanol–water partition coefficient (Wildman–Crippen LogP) is 0.881. The Hall–Kier alpha value is -0.440. The zero-order valence-electron chi connectivity index (χ0n) is 14.2. The average molecular weight is 374 g/mol. The summed E-state index contributed by atoms with van der Waals surface area (Å²) in [5, 5.41) is 4.62. The molecule has 6 nitrogen and oxygen atoms in total. The summed E-state index contributed by atoms with van der Waals surface area (Å²) >= 11 is 1.86. The number of hydrogen-bond acceptors (Lipinski definition) is 7. The first-order chi connectivity index (χ1) is 11.4. The summed E-state index contributed by atoms with van der Waals surface area (Å²) in [6.07, 6.45) is 3.39. The third-order valence-electron chi connectivity index (χ3n) is 5.12. The Bertz CT molecular complexity index is 504. The summed E-state index contributed by atoms with van der Waals surface area (Å²) in [6.45, 7) is 11.8. The molecule has 0 amide bonds. The van der Waals surface area contributed by atoms with Crippen LogP contribution in [-0.2, 0) is 11.3 Å². The van der Waals surface area contributed by atoms with Crippen LogP contribution in [0.25, 0.3) is 0 Å². The van der Waals surface area contributed by atoms with Crippen molar-refractivity contribution in [3.63, 3.8) is 0 Å². The number of halogens is 1. The van der Waals surface area contributed by atoms with Gasteiger partial charge in [0.2, 0.25) is 0 Å². The Kier molecular flexibility index (Phi) is 6.71. The summed E-state index contributed by atoms with van der Waals surface area (Å²) in [5.41, 5.74) is 0. The molecule has 24 heavy (non-hydrogen) atoms. The van der Waals surface area contributed by atoms with Crippen LogP contribution in [0.15, 0.2) is 6.20 Å². The number of likely N-dealkylation sites (tertiary alicyclic amines) is 1. The van der Waals surface area contributed by atoms with Crippen LogP contribution in [-0.4, -0.2) is 86.4 Å². The zero-order chi connectivity index (χ0) is 15.5. The Morgan fingerprint density at radius 1 is 1.17 bits per heavy atom. The maximum absolute atomic E-state index is 5.42. The third-order valence-corrected chi connectivity index (χ3v) is 6.16. The molecule has 3 fully saturated rings. The second kappa shape index (κ2) is 8.78. The van der Waals surface area contributed by atoms with Crippen LogP contribution in [0, 0.1) is 0 Å². The number of nitrogens with zero attached hydrogens (tertiary/aromatic N) is 4. The summed E-state index contributed by atoms with van der Waals surface area (Å²) < 4.78 is 5.42. The molecule has 1 unspecified atom stereocenters. The highest BCUT2D eigenvalue weighted by molar-refractivity contribution is 7.15. The SMILES string of the molecule is Cl.c1nc(N2CCOCC2)sc1CN1CCC(N2CCNCC2)C1. The van der Waals surface area contributed by atoms with E-state index < -0.39 is 0 Å². The third kappa shape index (κ3) is 4.39. The van der Waals surface area contributed by atoms with E-state index in [1.165, 1.54) is 42.6 Å². The topological polar surface area (TPSA) is 43.9 Å². The molecule has 4 heterocycles. The van der Waals surface area contributed by atoms with Crippen molar-refractivity contribution in [3.8, 4) is 0 Å². The molecule has 0 aromatic carbocycles. The Labute approximate surface area is 154 Å². The number of hydrogen-bond donors (Lipinski definition) is 1. The maximum Gasteiger partial charge on any atom is 0.185 e. The molecule has 3 aliphatic rings. The van der Waals surface area contributed by atoms with Crippen molar-refractivity contribution >= 4 is 28.9 Å². The van der Waals surface area contributed by atoms with Gasteiger partial charge >= 0.3 is 0 Å². The molecular weight excluding hydrogens is 346 g/mol. The minimum atomic E-state index is 0. The van der Waals surface area contributed by atoms with E-state index in [4.69, 9.17) is 4.74 Å². The van der Waals surface area contributed by atoms with Gasteiger partial charge in [-0.1, -0.05) is 0 Å². The molecular formula is C16H28ClN5OS. The van der Waals surface area contributed by atoms with Gasteiger partial charge in [-0.15, -0.1) is 23.7 Å². The number of aromatic nitrogens is 1. The molecule has 136 valence electrons. The Balaban J connectivity index is 0.00000169. The molecule has 4 rings (SSSR count). The van der Waals surface area contributed by atoms with Crippen LogP contribution < -0.4 is 10.2 Å². The second-order valence-corrected chi connectivity index (χ2v) is 7.77. The molecule has 0 bridgehead atoms. The lowest BCUT2D eigenvalue weighted by molar-refractivity contribution is 0.122. The van der Waals surface area contributed by atoms with Gasteiger partial charge in [-0.2, -0.15) is 0 Å². The van der Waals surface area contributed by atoms with E-state index in [2.05, 4.69) is 31.2 Å². The summed E-state index contributed by atoms with van der Waals surface area (Å²) in [6, 6.07) is 0.753. The van der Waals surface area contributed by atoms with Crippen LogP contribution in [0.4, 0.5) is 5.13 Å². The van der Waals surface area contributed by atoms with E-state index in [-0.39, 0.29) is 12.4 Å². The molecule has 1 aromatic rings. The molecule has 8 heteroatoms. The van der Waals surface area contributed by atoms with Crippen LogP contribution >= 0.6 is 23.7 Å². The van der Waals surface area contributed by atoms with Crippen molar-refractivity contribution in [2.24, 2.45) is 0 Å². The van der Waals surface area contributed by atoms with Gasteiger partial charge in [0.25, 0.3) is 0 Å². The van der Waals surface area contributed by atoms with Gasteiger partial charge in [-0.05, 0) is 6.42 Å². The highest BCUT2D eigenvalue weighted by Crippen LogP contribution is 2.26. The number of piperazine rings is 1. The molecule has 3 aliphatic heterocycles. The van der Waals surface area contributed by atoms with Crippen LogP contribution in [0.5, 0.6) is 0 Å². The zero-order valence-corrected chi connectivity index (χ0v) is 15.8. The van der Waals surface area contributed by atoms with Gasteiger partial charge in [-0.3, -0.25) is 9.80 Å². The number of thiazole rings is 1. The smallest absolute Gasteiger partial charge is 0.185 e. The number of anilines is 1. The van der Waals surface area contributed by atoms with Crippen molar-refractivity contribution in [1.82, 2.24) is 20.1 Å². The van der Waals surface area contributed by atoms with Crippen molar-refractivity contribution < 1.29 is 4.74 Å². The van der Waals surface area contributed by atoms with Gasteiger partial charge in [0.15, 0.2) is 5.13 Å². The van der Waals surface area contributed by atoms with Gasteiger partial charge in [0.05, 0.1) is 13.2 Å². The fourth-order valence-corrected chi connectivity index (χ4v) is 4.80. The number of rotatable bonds is 4. The normalized spacial score (nSPS) is 26.5. The largest absolute Gasteiger partial charge is 0.378 e. The lowest BCUT2D eigenvalue weighted by atomic mass is 10.2. The van der Waals surface area contributed by atoms with Crippen LogP contribution in [0.3, 0.4) is 0 Å². The van der Waals surface area contributed by atoms with Crippen LogP contribution in [0.2, 0.25) is 0 Å². The van der Waals surface area contributed by atoms with E-state index in [0.29, 0.717) is 0 Å². The van der Waals surface area contributed by atoms with Gasteiger partial charge < -0.3 is 15.0 Å². The highest BCUT2D eigenvalue weighted by atomic mass is 35.5. The van der Waals surface area contributed by atoms with E-state index in [0.717, 1.165) is 52.0 Å². The summed E-state index contributed by atoms with van der Waals surface area (Å²) in [7, 11) is 0. The first-order valence-corrected chi connectivity index (χ1v) is 9.65. The van der Waals surface area contributed by atoms with E-state index in [9.17, 15) is 0 Å². The second-order valence-electron chi connectivity index (χ2n) is 6.67. The predicted molar refractivity (Wildman–Crippen MR) is 101 cm³/mol. The Morgan fingerprint density at radius 3 is 2.75 bits per heavy atom. The first-order valence-electron chi connectivity index (χ1n) is 8.83. The van der Waals surface area contributed by atoms with Crippen molar-refractivity contribution in [1.29, 1.82) is 0 Å². The molecule has 1 atom stereocenters. The molecule has 0 radical (unpaired) electrons. The molecule has 0 spiro atoms. The van der Waals surface area contributed by atoms with Gasteiger partial charge in [-0.25, -0.2) is 4.98 Å². The van der Waals surface area contributed by atoms with Crippen molar-refractivity contribution in [2.45, 2.75) is 19.0 Å². The number of nitrogens with one attached hydrogen (secondary N) is 1. The first kappa shape index (κ1) is 18.4. The number of morpholine rings is 1. The molecule has 1 aromatic heterocycles. The lowest BCUT2D eigenvalue weighted by Crippen LogP contribution is -2.49. The molecule has 0 aliphatic carbocycles. The molecule has 0 saturated carbocycles. The van der Waals surface area contributed by atoms with Crippen molar-refractivity contribution in [3.05, 3.63) is 11.1 Å². The standard InChI is InChI=1S/C16H27N5OS.ClH/c1-4-19(12-14(1)20-5-2-17-3-6-20)13-15-11-18-16(23-15)21-7-9-22-10-8-21;/h11,14,17H,1-10,12-13H2;1H. The fourth-order valence-electron chi connectivity index (χ4n) is 3.79. The van der Waals surface area contributed by atoms with E-state index in [1.807, 2.05) is 11.3 Å². The maximum atomic E-state index is 5.42. The summed E-state index contributed by atoms with van der Waals surface area (Å²) in [5.74, 6) is 0. The van der Waals surface area contributed by atoms with Crippen molar-refractivity contribution in [2.75, 3.05) is 70.5 Å². The average Bonchev–Trinajstić information content (AvgIpc) is 3.27. The molecule has 3 saturated heterocycles. The highest BCUT2D eigenvalue weighted by Gasteiger charge is 2.28. The van der Waals surface area contributed by atoms with E-state index in [1.54, 1.807) is 0 Å². The van der Waals surface area contributed by atoms with E-state index >= 15 is 0 Å². The van der Waals surface area contributed by atoms with Gasteiger partial charge in [0, 0.05) is 76.0 Å². The summed E-state index contributed by atoms with van der Waals surface area (Å²) in [4.78, 5) is 13.7. The fraction of sp³-hybridized carbons (Fsp3) is 0.812. The monoisotopic (exact) mass is 373 g/mol. The number of ether oxygens (including phenoxy) is 1. The lowest BCUT2D eigenvalue weighted by Gasteiger charge is -2.32. The van der Waals surface area contributed by atoms with Gasteiger partial charge in [0.1, 0.15) is 0 Å². The quantitative estimate of drug-likeness (QED) is 0.845. The van der Waals surface area contributed by atoms with Crippen LogP contribution in [0.1, 0.15) is 11.3 Å².